The first-order chi connectivity index (χ1) is 10.7. The van der Waals surface area contributed by atoms with E-state index in [1.807, 2.05) is 6.07 Å². The number of rotatable bonds is 3. The van der Waals surface area contributed by atoms with E-state index >= 15 is 0 Å². The van der Waals surface area contributed by atoms with Crippen molar-refractivity contribution in [3.63, 3.8) is 0 Å². The highest BCUT2D eigenvalue weighted by atomic mass is 79.9. The maximum atomic E-state index is 11.8. The molecule has 2 aromatic heterocycles. The Hall–Kier alpha value is -2.65. The van der Waals surface area contributed by atoms with Crippen molar-refractivity contribution in [3.8, 4) is 23.7 Å². The number of nitrogens with zero attached hydrogens (tertiary/aromatic N) is 2. The topological polar surface area (TPSA) is 67.9 Å². The lowest BCUT2D eigenvalue weighted by Gasteiger charge is -2.00. The van der Waals surface area contributed by atoms with Crippen molar-refractivity contribution in [2.45, 2.75) is 0 Å². The second kappa shape index (κ2) is 6.00. The van der Waals surface area contributed by atoms with Crippen molar-refractivity contribution in [1.82, 2.24) is 15.0 Å². The van der Waals surface area contributed by atoms with Crippen LogP contribution in [-0.4, -0.2) is 27.5 Å². The number of carbonyl (C=O) groups excluding carboxylic acids is 1. The molecule has 0 aliphatic carbocycles. The van der Waals surface area contributed by atoms with E-state index < -0.39 is 5.97 Å². The molecule has 0 aliphatic heterocycles. The van der Waals surface area contributed by atoms with Crippen LogP contribution in [0.4, 0.5) is 0 Å². The molecule has 0 fully saturated rings. The van der Waals surface area contributed by atoms with E-state index in [-0.39, 0.29) is 6.61 Å². The number of terminal acetylenes is 1. The van der Waals surface area contributed by atoms with Crippen LogP contribution in [0.25, 0.3) is 22.4 Å². The Kier molecular flexibility index (Phi) is 3.90. The number of H-pyrrole nitrogens is 1. The molecule has 0 bridgehead atoms. The van der Waals surface area contributed by atoms with Gasteiger partial charge in [-0.2, -0.15) is 0 Å². The maximum Gasteiger partial charge on any atom is 0.339 e. The molecule has 3 rings (SSSR count). The molecular formula is C16H10BrN3O2. The Morgan fingerprint density at radius 1 is 1.36 bits per heavy atom. The monoisotopic (exact) mass is 355 g/mol. The van der Waals surface area contributed by atoms with Gasteiger partial charge in [-0.05, 0) is 40.2 Å². The summed E-state index contributed by atoms with van der Waals surface area (Å²) in [6, 6.07) is 7.01. The number of aromatic amines is 1. The largest absolute Gasteiger partial charge is 0.449 e. The van der Waals surface area contributed by atoms with Gasteiger partial charge in [-0.1, -0.05) is 5.92 Å². The van der Waals surface area contributed by atoms with Crippen LogP contribution >= 0.6 is 15.9 Å². The van der Waals surface area contributed by atoms with Crippen LogP contribution in [0.1, 0.15) is 10.4 Å². The minimum Gasteiger partial charge on any atom is -0.449 e. The summed E-state index contributed by atoms with van der Waals surface area (Å²) in [5.74, 6) is 2.48. The van der Waals surface area contributed by atoms with Gasteiger partial charge in [0.05, 0.1) is 16.6 Å². The van der Waals surface area contributed by atoms with Crippen molar-refractivity contribution in [1.29, 1.82) is 0 Å². The van der Waals surface area contributed by atoms with Crippen LogP contribution in [0.5, 0.6) is 0 Å². The minimum absolute atomic E-state index is 0.0468. The number of fused-ring (bicyclic) bond motifs is 1. The Bertz CT molecular complexity index is 896. The van der Waals surface area contributed by atoms with Crippen LogP contribution in [-0.2, 0) is 4.74 Å². The van der Waals surface area contributed by atoms with Gasteiger partial charge in [0.25, 0.3) is 0 Å². The van der Waals surface area contributed by atoms with Gasteiger partial charge in [0.15, 0.2) is 6.61 Å². The number of pyridine rings is 1. The van der Waals surface area contributed by atoms with Crippen molar-refractivity contribution in [2.75, 3.05) is 6.61 Å². The molecule has 22 heavy (non-hydrogen) atoms. The summed E-state index contributed by atoms with van der Waals surface area (Å²) in [6.07, 6.45) is 8.49. The number of esters is 1. The predicted molar refractivity (Wildman–Crippen MR) is 86.1 cm³/mol. The number of hydrogen-bond acceptors (Lipinski definition) is 4. The fraction of sp³-hybridized carbons (Fsp3) is 0.0625. The molecule has 0 radical (unpaired) electrons. The third-order valence-corrected chi connectivity index (χ3v) is 3.42. The van der Waals surface area contributed by atoms with E-state index in [1.165, 1.54) is 0 Å². The number of carbonyl (C=O) groups is 1. The van der Waals surface area contributed by atoms with Crippen LogP contribution in [0.2, 0.25) is 0 Å². The molecule has 0 saturated carbocycles. The summed E-state index contributed by atoms with van der Waals surface area (Å²) in [6.45, 7) is -0.0468. The second-order valence-electron chi connectivity index (χ2n) is 4.49. The van der Waals surface area contributed by atoms with Crippen molar-refractivity contribution >= 4 is 32.9 Å². The van der Waals surface area contributed by atoms with E-state index in [9.17, 15) is 4.79 Å². The summed E-state index contributed by atoms with van der Waals surface area (Å²) in [5, 5.41) is 0. The molecule has 3 aromatic rings. The Morgan fingerprint density at radius 2 is 2.23 bits per heavy atom. The highest BCUT2D eigenvalue weighted by molar-refractivity contribution is 9.10. The average Bonchev–Trinajstić information content (AvgIpc) is 2.95. The normalized spacial score (nSPS) is 10.4. The van der Waals surface area contributed by atoms with Gasteiger partial charge in [-0.25, -0.2) is 9.78 Å². The Morgan fingerprint density at radius 3 is 3.00 bits per heavy atom. The number of aromatic nitrogens is 3. The van der Waals surface area contributed by atoms with Crippen LogP contribution in [0.3, 0.4) is 0 Å². The van der Waals surface area contributed by atoms with Crippen LogP contribution in [0.15, 0.2) is 41.1 Å². The quantitative estimate of drug-likeness (QED) is 0.578. The zero-order valence-corrected chi connectivity index (χ0v) is 12.9. The molecule has 5 nitrogen and oxygen atoms in total. The van der Waals surface area contributed by atoms with Crippen molar-refractivity contribution < 1.29 is 9.53 Å². The smallest absolute Gasteiger partial charge is 0.339 e. The predicted octanol–water partition coefficient (Wildman–Crippen LogP) is 3.18. The Balaban J connectivity index is 1.97. The standard InChI is InChI=1S/C16H10BrN3O2/c1-2-5-22-16(21)10-3-4-13-14(7-10)20-15(19-13)11-6-12(17)9-18-8-11/h1,3-4,6-9H,5H2,(H,19,20). The van der Waals surface area contributed by atoms with Crippen LogP contribution < -0.4 is 0 Å². The molecule has 0 atom stereocenters. The molecule has 0 spiro atoms. The molecule has 0 aliphatic rings. The number of nitrogens with one attached hydrogen (secondary N) is 1. The minimum atomic E-state index is -0.458. The lowest BCUT2D eigenvalue weighted by Crippen LogP contribution is -2.04. The summed E-state index contributed by atoms with van der Waals surface area (Å²) in [7, 11) is 0. The zero-order chi connectivity index (χ0) is 15.5. The first kappa shape index (κ1) is 14.3. The van der Waals surface area contributed by atoms with Gasteiger partial charge in [0.2, 0.25) is 0 Å². The SMILES string of the molecule is C#CCOC(=O)c1ccc2nc(-c3cncc(Br)c3)[nH]c2c1. The van der Waals surface area contributed by atoms with Gasteiger partial charge in [0, 0.05) is 22.4 Å². The number of halogens is 1. The lowest BCUT2D eigenvalue weighted by atomic mass is 10.2. The number of benzene rings is 1. The number of imidazole rings is 1. The first-order valence-electron chi connectivity index (χ1n) is 6.38. The summed E-state index contributed by atoms with van der Waals surface area (Å²) in [4.78, 5) is 23.6. The molecule has 1 N–H and O–H groups in total. The fourth-order valence-corrected chi connectivity index (χ4v) is 2.37. The maximum absolute atomic E-state index is 11.8. The molecule has 108 valence electrons. The second-order valence-corrected chi connectivity index (χ2v) is 5.41. The van der Waals surface area contributed by atoms with Crippen molar-refractivity contribution in [3.05, 3.63) is 46.7 Å². The third kappa shape index (κ3) is 2.85. The van der Waals surface area contributed by atoms with Gasteiger partial charge in [0.1, 0.15) is 5.82 Å². The molecule has 0 saturated heterocycles. The van der Waals surface area contributed by atoms with E-state index in [0.29, 0.717) is 11.4 Å². The molecule has 6 heteroatoms. The van der Waals surface area contributed by atoms with E-state index in [0.717, 1.165) is 21.1 Å². The molecule has 0 amide bonds. The summed E-state index contributed by atoms with van der Waals surface area (Å²) in [5.41, 5.74) is 2.76. The number of hydrogen-bond donors (Lipinski definition) is 1. The fourth-order valence-electron chi connectivity index (χ4n) is 2.01. The van der Waals surface area contributed by atoms with Gasteiger partial charge < -0.3 is 9.72 Å². The van der Waals surface area contributed by atoms with Crippen LogP contribution in [0, 0.1) is 12.3 Å². The zero-order valence-electron chi connectivity index (χ0n) is 11.3. The lowest BCUT2D eigenvalue weighted by molar-refractivity contribution is 0.0557. The first-order valence-corrected chi connectivity index (χ1v) is 7.18. The van der Waals surface area contributed by atoms with Crippen molar-refractivity contribution in [2.24, 2.45) is 0 Å². The van der Waals surface area contributed by atoms with Gasteiger partial charge in [-0.15, -0.1) is 6.42 Å². The highest BCUT2D eigenvalue weighted by Crippen LogP contribution is 2.23. The van der Waals surface area contributed by atoms with E-state index in [2.05, 4.69) is 36.8 Å². The summed E-state index contributed by atoms with van der Waals surface area (Å²) >= 11 is 3.38. The van der Waals surface area contributed by atoms with E-state index in [4.69, 9.17) is 11.2 Å². The molecular weight excluding hydrogens is 346 g/mol. The third-order valence-electron chi connectivity index (χ3n) is 2.98. The Labute approximate surface area is 134 Å². The summed E-state index contributed by atoms with van der Waals surface area (Å²) < 4.78 is 5.77. The van der Waals surface area contributed by atoms with E-state index in [1.54, 1.807) is 30.6 Å². The highest BCUT2D eigenvalue weighted by Gasteiger charge is 2.11. The molecule has 1 aromatic carbocycles. The molecule has 0 unspecified atom stereocenters. The van der Waals surface area contributed by atoms with Gasteiger partial charge in [-0.3, -0.25) is 4.98 Å². The molecule has 2 heterocycles. The van der Waals surface area contributed by atoms with Gasteiger partial charge >= 0.3 is 5.97 Å². The number of ether oxygens (including phenoxy) is 1. The average molecular weight is 356 g/mol.